The molecule has 0 aliphatic carbocycles. The van der Waals surface area contributed by atoms with Crippen molar-refractivity contribution in [3.05, 3.63) is 33.3 Å². The molecule has 4 heteroatoms. The van der Waals surface area contributed by atoms with Crippen molar-refractivity contribution in [2.45, 2.75) is 33.2 Å². The number of halogens is 2. The highest BCUT2D eigenvalue weighted by molar-refractivity contribution is 9.10. The molecule has 1 aromatic rings. The normalized spacial score (nSPS) is 12.6. The Morgan fingerprint density at radius 3 is 2.65 bits per heavy atom. The third-order valence-corrected chi connectivity index (χ3v) is 3.69. The van der Waals surface area contributed by atoms with Crippen molar-refractivity contribution in [1.82, 2.24) is 5.32 Å². The van der Waals surface area contributed by atoms with Gasteiger partial charge in [0, 0.05) is 10.5 Å². The number of nitrogens with one attached hydrogen (secondary N) is 1. The van der Waals surface area contributed by atoms with Crippen LogP contribution < -0.4 is 5.32 Å². The first-order valence-electron chi connectivity index (χ1n) is 5.66. The number of carbonyl (C=O) groups is 1. The second-order valence-corrected chi connectivity index (χ2v) is 5.84. The maximum absolute atomic E-state index is 12.0. The monoisotopic (exact) mass is 317 g/mol. The lowest BCUT2D eigenvalue weighted by molar-refractivity contribution is 0.0936. The molecule has 0 aliphatic heterocycles. The minimum Gasteiger partial charge on any atom is -0.350 e. The largest absolute Gasteiger partial charge is 0.350 e. The van der Waals surface area contributed by atoms with Gasteiger partial charge in [-0.1, -0.05) is 31.5 Å². The molecule has 0 aromatic heterocycles. The Morgan fingerprint density at radius 1 is 1.41 bits per heavy atom. The number of hydrogen-bond donors (Lipinski definition) is 1. The molecule has 0 saturated carbocycles. The van der Waals surface area contributed by atoms with Gasteiger partial charge in [-0.25, -0.2) is 0 Å². The molecular weight excluding hydrogens is 302 g/mol. The van der Waals surface area contributed by atoms with Gasteiger partial charge in [-0.15, -0.1) is 0 Å². The molecule has 1 rings (SSSR count). The molecule has 1 aromatic carbocycles. The summed E-state index contributed by atoms with van der Waals surface area (Å²) in [5.41, 5.74) is 0.511. The molecule has 0 fully saturated rings. The molecule has 0 spiro atoms. The molecular formula is C13H17BrClNO. The van der Waals surface area contributed by atoms with Crippen molar-refractivity contribution >= 4 is 33.4 Å². The van der Waals surface area contributed by atoms with Gasteiger partial charge in [0.05, 0.1) is 10.6 Å². The van der Waals surface area contributed by atoms with Crippen LogP contribution >= 0.6 is 27.5 Å². The maximum Gasteiger partial charge on any atom is 0.253 e. The summed E-state index contributed by atoms with van der Waals surface area (Å²) in [6.07, 6.45) is 0.956. The minimum absolute atomic E-state index is 0.121. The fourth-order valence-corrected chi connectivity index (χ4v) is 2.32. The number of benzene rings is 1. The van der Waals surface area contributed by atoms with E-state index in [0.717, 1.165) is 10.9 Å². The fraction of sp³-hybridized carbons (Fsp3) is 0.462. The molecule has 0 aliphatic rings. The summed E-state index contributed by atoms with van der Waals surface area (Å²) >= 11 is 9.38. The number of hydrogen-bond acceptors (Lipinski definition) is 1. The Hall–Kier alpha value is -0.540. The summed E-state index contributed by atoms with van der Waals surface area (Å²) in [5.74, 6) is 0.438. The van der Waals surface area contributed by atoms with E-state index in [4.69, 9.17) is 11.6 Å². The lowest BCUT2D eigenvalue weighted by Gasteiger charge is -2.16. The van der Waals surface area contributed by atoms with Crippen LogP contribution in [0.25, 0.3) is 0 Å². The Labute approximate surface area is 116 Å². The number of amides is 1. The van der Waals surface area contributed by atoms with E-state index in [-0.39, 0.29) is 11.9 Å². The summed E-state index contributed by atoms with van der Waals surface area (Å²) in [5, 5.41) is 3.41. The molecule has 0 bridgehead atoms. The van der Waals surface area contributed by atoms with Crippen molar-refractivity contribution < 1.29 is 4.79 Å². The molecule has 1 amide bonds. The van der Waals surface area contributed by atoms with Gasteiger partial charge < -0.3 is 5.32 Å². The predicted molar refractivity (Wildman–Crippen MR) is 75.5 cm³/mol. The Bertz CT molecular complexity index is 406. The van der Waals surface area contributed by atoms with Gasteiger partial charge in [-0.2, -0.15) is 0 Å². The maximum atomic E-state index is 12.0. The third-order valence-electron chi connectivity index (χ3n) is 2.40. The van der Waals surface area contributed by atoms with Gasteiger partial charge in [0.15, 0.2) is 0 Å². The van der Waals surface area contributed by atoms with Gasteiger partial charge in [0.25, 0.3) is 5.91 Å². The lowest BCUT2D eigenvalue weighted by atomic mass is 10.0. The van der Waals surface area contributed by atoms with Crippen LogP contribution in [0, 0.1) is 5.92 Å². The summed E-state index contributed by atoms with van der Waals surface area (Å²) < 4.78 is 0.739. The molecule has 0 radical (unpaired) electrons. The molecule has 1 unspecified atom stereocenters. The van der Waals surface area contributed by atoms with Crippen molar-refractivity contribution in [2.24, 2.45) is 5.92 Å². The Morgan fingerprint density at radius 2 is 2.06 bits per heavy atom. The van der Waals surface area contributed by atoms with Crippen LogP contribution in [0.3, 0.4) is 0 Å². The first-order valence-corrected chi connectivity index (χ1v) is 6.83. The SMILES string of the molecule is CC(C)CC(C)NC(=O)c1cccc(Br)c1Cl. The van der Waals surface area contributed by atoms with E-state index in [1.54, 1.807) is 12.1 Å². The van der Waals surface area contributed by atoms with Crippen LogP contribution in [0.15, 0.2) is 22.7 Å². The van der Waals surface area contributed by atoms with Crippen LogP contribution in [-0.2, 0) is 0 Å². The van der Waals surface area contributed by atoms with E-state index in [9.17, 15) is 4.79 Å². The third kappa shape index (κ3) is 4.32. The topological polar surface area (TPSA) is 29.1 Å². The van der Waals surface area contributed by atoms with E-state index in [0.29, 0.717) is 16.5 Å². The summed E-state index contributed by atoms with van der Waals surface area (Å²) in [6, 6.07) is 5.50. The van der Waals surface area contributed by atoms with Crippen LogP contribution in [0.4, 0.5) is 0 Å². The van der Waals surface area contributed by atoms with Crippen molar-refractivity contribution in [1.29, 1.82) is 0 Å². The first kappa shape index (κ1) is 14.5. The summed E-state index contributed by atoms with van der Waals surface area (Å²) in [4.78, 5) is 12.0. The minimum atomic E-state index is -0.121. The van der Waals surface area contributed by atoms with Gasteiger partial charge in [-0.05, 0) is 47.3 Å². The van der Waals surface area contributed by atoms with Crippen molar-refractivity contribution in [2.75, 3.05) is 0 Å². The summed E-state index contributed by atoms with van der Waals surface area (Å²) in [7, 11) is 0. The molecule has 1 N–H and O–H groups in total. The molecule has 0 heterocycles. The van der Waals surface area contributed by atoms with Crippen molar-refractivity contribution in [3.63, 3.8) is 0 Å². The quantitative estimate of drug-likeness (QED) is 0.882. The molecule has 17 heavy (non-hydrogen) atoms. The fourth-order valence-electron chi connectivity index (χ4n) is 1.75. The predicted octanol–water partition coefficient (Wildman–Crippen LogP) is 4.27. The standard InChI is InChI=1S/C13H17BrClNO/c1-8(2)7-9(3)16-13(17)10-5-4-6-11(14)12(10)15/h4-6,8-9H,7H2,1-3H3,(H,16,17). The van der Waals surface area contributed by atoms with Gasteiger partial charge >= 0.3 is 0 Å². The van der Waals surface area contributed by atoms with Gasteiger partial charge in [0.2, 0.25) is 0 Å². The van der Waals surface area contributed by atoms with Crippen LogP contribution in [-0.4, -0.2) is 11.9 Å². The molecule has 94 valence electrons. The molecule has 0 saturated heterocycles. The van der Waals surface area contributed by atoms with E-state index in [1.807, 2.05) is 13.0 Å². The highest BCUT2D eigenvalue weighted by atomic mass is 79.9. The second kappa shape index (κ2) is 6.41. The summed E-state index contributed by atoms with van der Waals surface area (Å²) in [6.45, 7) is 6.27. The zero-order valence-electron chi connectivity index (χ0n) is 10.3. The van der Waals surface area contributed by atoms with E-state index < -0.39 is 0 Å². The Kier molecular flexibility index (Phi) is 5.47. The first-order chi connectivity index (χ1) is 7.91. The number of carbonyl (C=O) groups excluding carboxylic acids is 1. The van der Waals surface area contributed by atoms with Crippen LogP contribution in [0.5, 0.6) is 0 Å². The van der Waals surface area contributed by atoms with E-state index in [1.165, 1.54) is 0 Å². The van der Waals surface area contributed by atoms with Crippen molar-refractivity contribution in [3.8, 4) is 0 Å². The Balaban J connectivity index is 2.73. The smallest absolute Gasteiger partial charge is 0.253 e. The van der Waals surface area contributed by atoms with E-state index in [2.05, 4.69) is 35.1 Å². The van der Waals surface area contributed by atoms with E-state index >= 15 is 0 Å². The van der Waals surface area contributed by atoms with Gasteiger partial charge in [-0.3, -0.25) is 4.79 Å². The van der Waals surface area contributed by atoms with Crippen LogP contribution in [0.1, 0.15) is 37.6 Å². The second-order valence-electron chi connectivity index (χ2n) is 4.61. The molecule has 1 atom stereocenters. The average molecular weight is 319 g/mol. The highest BCUT2D eigenvalue weighted by Crippen LogP contribution is 2.26. The van der Waals surface area contributed by atoms with Crippen LogP contribution in [0.2, 0.25) is 5.02 Å². The van der Waals surface area contributed by atoms with Gasteiger partial charge in [0.1, 0.15) is 0 Å². The molecule has 2 nitrogen and oxygen atoms in total. The number of rotatable bonds is 4. The highest BCUT2D eigenvalue weighted by Gasteiger charge is 2.14. The average Bonchev–Trinajstić information content (AvgIpc) is 2.20. The lowest BCUT2D eigenvalue weighted by Crippen LogP contribution is -2.33. The zero-order chi connectivity index (χ0) is 13.0. The zero-order valence-corrected chi connectivity index (χ0v) is 12.6.